The standard InChI is InChI=1S/C20H22F2N10O9P2S2/c21-8-6-1-36-42(34,44)40-12-7(39-18(9(12)22)32-5-28-11-16(32)29-20(24)30-17(11)33)2-37-43(35,45)41-13(8)19(38-6)31-4-27-10-14(23)25-3-26-15(10)31/h3-9,12-13,18-19H,1-2H2,(H,34,44)(H,35,45)(H2,23,25,26)(H3,24,29,30,33)/t6?,7-,8-,9-,12-,13-,18-,19-,42+,43+/m1/s1. The van der Waals surface area contributed by atoms with Crippen molar-refractivity contribution < 1.29 is 45.5 Å². The topological polar surface area (TPSA) is 249 Å². The molecule has 4 aromatic rings. The molecule has 3 saturated heterocycles. The van der Waals surface area contributed by atoms with E-state index in [1.807, 2.05) is 0 Å². The van der Waals surface area contributed by atoms with Crippen LogP contribution in [-0.2, 0) is 36.7 Å². The van der Waals surface area contributed by atoms with Crippen LogP contribution in [0.15, 0.2) is 23.8 Å². The normalized spacial score (nSPS) is 37.7. The molecule has 0 radical (unpaired) electrons. The second kappa shape index (κ2) is 11.2. The highest BCUT2D eigenvalue weighted by atomic mass is 32.7. The van der Waals surface area contributed by atoms with Gasteiger partial charge in [-0.2, -0.15) is 4.98 Å². The number of nitrogens with one attached hydrogen (secondary N) is 1. The molecule has 3 aliphatic heterocycles. The molecule has 5 N–H and O–H groups in total. The Labute approximate surface area is 259 Å². The largest absolute Gasteiger partial charge is 0.386 e. The minimum atomic E-state index is -4.48. The van der Waals surface area contributed by atoms with Crippen molar-refractivity contribution in [3.63, 3.8) is 0 Å². The Morgan fingerprint density at radius 1 is 0.844 bits per heavy atom. The van der Waals surface area contributed by atoms with Gasteiger partial charge in [-0.15, -0.1) is 0 Å². The van der Waals surface area contributed by atoms with Gasteiger partial charge in [0.15, 0.2) is 47.4 Å². The Morgan fingerprint density at radius 3 is 2.20 bits per heavy atom. The first-order valence-electron chi connectivity index (χ1n) is 12.9. The van der Waals surface area contributed by atoms with E-state index < -0.39 is 81.6 Å². The molecule has 1 unspecified atom stereocenters. The molecule has 7 rings (SSSR count). The number of ether oxygens (including phenoxy) is 2. The molecule has 3 fully saturated rings. The summed E-state index contributed by atoms with van der Waals surface area (Å²) in [5, 5.41) is 0. The first kappa shape index (κ1) is 30.9. The van der Waals surface area contributed by atoms with Gasteiger partial charge in [0, 0.05) is 0 Å². The van der Waals surface area contributed by atoms with Crippen molar-refractivity contribution in [2.24, 2.45) is 0 Å². The van der Waals surface area contributed by atoms with Crippen molar-refractivity contribution in [2.45, 2.75) is 49.2 Å². The summed E-state index contributed by atoms with van der Waals surface area (Å²) in [7, 11) is 0. The van der Waals surface area contributed by atoms with Crippen LogP contribution in [-0.4, -0.2) is 89.0 Å². The van der Waals surface area contributed by atoms with Gasteiger partial charge in [-0.1, -0.05) is 24.5 Å². The van der Waals surface area contributed by atoms with Gasteiger partial charge in [0.25, 0.3) is 5.56 Å². The van der Waals surface area contributed by atoms with E-state index in [2.05, 4.69) is 54.4 Å². The number of nitrogens with two attached hydrogens (primary N) is 2. The number of H-pyrrole nitrogens is 1. The Bertz CT molecular complexity index is 1950. The first-order chi connectivity index (χ1) is 21.3. The molecule has 0 spiro atoms. The van der Waals surface area contributed by atoms with Gasteiger partial charge >= 0.3 is 13.6 Å². The maximum atomic E-state index is 16.0. The Morgan fingerprint density at radius 2 is 1.47 bits per heavy atom. The van der Waals surface area contributed by atoms with E-state index >= 15 is 8.78 Å². The Hall–Kier alpha value is -2.72. The number of rotatable bonds is 2. The predicted molar refractivity (Wildman–Crippen MR) is 155 cm³/mol. The first-order valence-corrected chi connectivity index (χ1v) is 18.3. The Kier molecular flexibility index (Phi) is 7.70. The molecule has 0 aromatic carbocycles. The third-order valence-electron chi connectivity index (χ3n) is 7.23. The van der Waals surface area contributed by atoms with Crippen LogP contribution in [0.5, 0.6) is 0 Å². The van der Waals surface area contributed by atoms with Gasteiger partial charge in [0.1, 0.15) is 36.3 Å². The molecular formula is C20H22F2N10O9P2S2. The molecule has 25 heteroatoms. The molecule has 0 amide bonds. The number of nitrogens with zero attached hydrogens (tertiary/aromatic N) is 7. The van der Waals surface area contributed by atoms with Crippen LogP contribution in [0.2, 0.25) is 0 Å². The number of thiol groups is 2. The van der Waals surface area contributed by atoms with Crippen molar-refractivity contribution >= 4 is 72.2 Å². The highest BCUT2D eigenvalue weighted by molar-refractivity contribution is 8.44. The van der Waals surface area contributed by atoms with E-state index in [9.17, 15) is 13.9 Å². The highest BCUT2D eigenvalue weighted by Crippen LogP contribution is 2.60. The van der Waals surface area contributed by atoms with E-state index in [1.165, 1.54) is 10.9 Å². The number of halogens is 2. The second-order valence-electron chi connectivity index (χ2n) is 10.0. The molecule has 2 bridgehead atoms. The number of imidazole rings is 2. The van der Waals surface area contributed by atoms with E-state index in [0.29, 0.717) is 0 Å². The van der Waals surface area contributed by atoms with E-state index in [0.717, 1.165) is 17.2 Å². The molecule has 19 nitrogen and oxygen atoms in total. The lowest BCUT2D eigenvalue weighted by molar-refractivity contribution is -0.0563. The number of aromatic amines is 1. The third kappa shape index (κ3) is 5.53. The second-order valence-corrected chi connectivity index (χ2v) is 15.8. The number of hydrogen-bond donors (Lipinski definition) is 5. The monoisotopic (exact) mass is 710 g/mol. The van der Waals surface area contributed by atoms with Crippen molar-refractivity contribution in [3.8, 4) is 0 Å². The lowest BCUT2D eigenvalue weighted by Crippen LogP contribution is -2.33. The number of fused-ring (bicyclic) bond motifs is 5. The maximum Gasteiger partial charge on any atom is 0.386 e. The summed E-state index contributed by atoms with van der Waals surface area (Å²) in [6.45, 7) is -10.4. The molecule has 4 aromatic heterocycles. The van der Waals surface area contributed by atoms with Crippen LogP contribution in [0.25, 0.3) is 22.3 Å². The van der Waals surface area contributed by atoms with Gasteiger partial charge in [0.2, 0.25) is 5.95 Å². The predicted octanol–water partition coefficient (Wildman–Crippen LogP) is 1.49. The lowest BCUT2D eigenvalue weighted by atomic mass is 10.1. The van der Waals surface area contributed by atoms with Crippen LogP contribution in [0.1, 0.15) is 12.5 Å². The third-order valence-corrected chi connectivity index (χ3v) is 10.5. The number of anilines is 2. The van der Waals surface area contributed by atoms with Crippen LogP contribution < -0.4 is 17.0 Å². The molecule has 0 aliphatic carbocycles. The number of aromatic nitrogens is 8. The summed E-state index contributed by atoms with van der Waals surface area (Å²) in [5.41, 5.74) is 10.8. The summed E-state index contributed by atoms with van der Waals surface area (Å²) < 4.78 is 94.2. The summed E-state index contributed by atoms with van der Waals surface area (Å²) in [4.78, 5) is 34.5. The van der Waals surface area contributed by atoms with E-state index in [4.69, 9.17) is 39.0 Å². The van der Waals surface area contributed by atoms with Gasteiger partial charge in [-0.25, -0.2) is 37.8 Å². The van der Waals surface area contributed by atoms with Crippen molar-refractivity contribution in [3.05, 3.63) is 29.3 Å². The fraction of sp³-hybridized carbons (Fsp3) is 0.500. The van der Waals surface area contributed by atoms with Gasteiger partial charge in [0.05, 0.1) is 25.9 Å². The van der Waals surface area contributed by atoms with Crippen LogP contribution >= 0.6 is 38.1 Å². The van der Waals surface area contributed by atoms with Crippen molar-refractivity contribution in [1.29, 1.82) is 0 Å². The molecule has 45 heavy (non-hydrogen) atoms. The molecule has 10 atom stereocenters. The maximum absolute atomic E-state index is 16.0. The van der Waals surface area contributed by atoms with Crippen LogP contribution in [0, 0.1) is 0 Å². The van der Waals surface area contributed by atoms with Crippen LogP contribution in [0.4, 0.5) is 20.5 Å². The average Bonchev–Trinajstić information content (AvgIpc) is 3.72. The van der Waals surface area contributed by atoms with Crippen LogP contribution in [0.3, 0.4) is 0 Å². The summed E-state index contributed by atoms with van der Waals surface area (Å²) >= 11 is 7.94. The molecule has 0 saturated carbocycles. The zero-order valence-electron chi connectivity index (χ0n) is 22.3. The van der Waals surface area contributed by atoms with Gasteiger partial charge in [-0.3, -0.25) is 37.0 Å². The summed E-state index contributed by atoms with van der Waals surface area (Å²) in [5.74, 6) is -0.234. The van der Waals surface area contributed by atoms with Gasteiger partial charge < -0.3 is 20.9 Å². The summed E-state index contributed by atoms with van der Waals surface area (Å²) in [6.07, 6.45) is -9.99. The lowest BCUT2D eigenvalue weighted by Gasteiger charge is -2.26. The zero-order valence-corrected chi connectivity index (χ0v) is 25.8. The minimum absolute atomic E-state index is 0.0368. The molecule has 7 heterocycles. The summed E-state index contributed by atoms with van der Waals surface area (Å²) in [6, 6.07) is 0. The smallest absolute Gasteiger partial charge is 0.382 e. The molecule has 242 valence electrons. The van der Waals surface area contributed by atoms with E-state index in [1.54, 1.807) is 0 Å². The fourth-order valence-corrected chi connectivity index (χ4v) is 8.17. The highest BCUT2D eigenvalue weighted by Gasteiger charge is 2.54. The SMILES string of the molecule is Nc1nc2c(ncn2[C@@H]2O[C@@H]3CO[P@](=O)(S)O[C@@H]4[C@H](F)C(CO[P@](=O)(S)O[C@H]3[C@H]2F)O[C@H]4n2cnc3c(N)ncnc32)c(=O)[nH]1. The number of hydrogen-bond acceptors (Lipinski definition) is 16. The van der Waals surface area contributed by atoms with Crippen molar-refractivity contribution in [2.75, 3.05) is 24.7 Å². The Balaban J connectivity index is 1.21. The molecule has 3 aliphatic rings. The average molecular weight is 711 g/mol. The van der Waals surface area contributed by atoms with E-state index in [-0.39, 0.29) is 34.1 Å². The van der Waals surface area contributed by atoms with Crippen molar-refractivity contribution in [1.82, 2.24) is 39.0 Å². The quantitative estimate of drug-likeness (QED) is 0.146. The molecular weight excluding hydrogens is 688 g/mol. The fourth-order valence-electron chi connectivity index (χ4n) is 5.23. The zero-order chi connectivity index (χ0) is 31.8. The number of nitrogen functional groups attached to an aromatic ring is 2. The van der Waals surface area contributed by atoms with Gasteiger partial charge in [-0.05, 0) is 0 Å². The number of alkyl halides is 2. The minimum Gasteiger partial charge on any atom is -0.382 e.